The van der Waals surface area contributed by atoms with Crippen LogP contribution in [0.3, 0.4) is 0 Å². The zero-order chi connectivity index (χ0) is 14.9. The van der Waals surface area contributed by atoms with E-state index >= 15 is 0 Å². The van der Waals surface area contributed by atoms with Crippen molar-refractivity contribution in [3.8, 4) is 5.75 Å². The molecule has 3 nitrogen and oxygen atoms in total. The average Bonchev–Trinajstić information content (AvgIpc) is 2.53. The van der Waals surface area contributed by atoms with Crippen LogP contribution >= 0.6 is 11.6 Å². The summed E-state index contributed by atoms with van der Waals surface area (Å²) in [5, 5.41) is 0. The molecule has 4 heteroatoms. The summed E-state index contributed by atoms with van der Waals surface area (Å²) in [5.41, 5.74) is 1.31. The maximum atomic E-state index is 5.85. The largest absolute Gasteiger partial charge is 0.493 e. The standard InChI is InChI=1S/C17H27ClN2O/c1-2-14-21-17-7-4-3-6-16(17)15-20-12-10-19(11-13-20)9-5-8-18/h3-4,6-7H,2,5,8-15H2,1H3. The zero-order valence-electron chi connectivity index (χ0n) is 13.1. The van der Waals surface area contributed by atoms with E-state index in [2.05, 4.69) is 41.0 Å². The van der Waals surface area contributed by atoms with Crippen molar-refractivity contribution in [1.29, 1.82) is 0 Å². The van der Waals surface area contributed by atoms with Crippen molar-refractivity contribution in [1.82, 2.24) is 9.80 Å². The van der Waals surface area contributed by atoms with Crippen molar-refractivity contribution in [2.75, 3.05) is 45.2 Å². The van der Waals surface area contributed by atoms with Crippen LogP contribution in [-0.2, 0) is 6.54 Å². The van der Waals surface area contributed by atoms with Gasteiger partial charge in [0.05, 0.1) is 6.61 Å². The predicted octanol–water partition coefficient (Wildman–Crippen LogP) is 3.22. The van der Waals surface area contributed by atoms with Gasteiger partial charge in [0.25, 0.3) is 0 Å². The predicted molar refractivity (Wildman–Crippen MR) is 89.3 cm³/mol. The highest BCUT2D eigenvalue weighted by atomic mass is 35.5. The van der Waals surface area contributed by atoms with Crippen LogP contribution in [-0.4, -0.2) is 55.0 Å². The molecule has 1 aliphatic rings. The van der Waals surface area contributed by atoms with E-state index in [9.17, 15) is 0 Å². The molecule has 1 heterocycles. The molecule has 0 radical (unpaired) electrons. The van der Waals surface area contributed by atoms with Crippen LogP contribution in [0.1, 0.15) is 25.3 Å². The van der Waals surface area contributed by atoms with Gasteiger partial charge in [0.15, 0.2) is 0 Å². The molecule has 1 aromatic carbocycles. The molecule has 0 atom stereocenters. The van der Waals surface area contributed by atoms with Crippen LogP contribution < -0.4 is 4.74 Å². The first-order chi connectivity index (χ1) is 10.3. The van der Waals surface area contributed by atoms with Gasteiger partial charge in [-0.1, -0.05) is 25.1 Å². The van der Waals surface area contributed by atoms with Gasteiger partial charge in [-0.2, -0.15) is 0 Å². The average molecular weight is 311 g/mol. The number of alkyl halides is 1. The smallest absolute Gasteiger partial charge is 0.123 e. The number of hydrogen-bond donors (Lipinski definition) is 0. The molecule has 21 heavy (non-hydrogen) atoms. The summed E-state index contributed by atoms with van der Waals surface area (Å²) >= 11 is 5.76. The molecule has 1 saturated heterocycles. The number of ether oxygens (including phenoxy) is 1. The van der Waals surface area contributed by atoms with E-state index < -0.39 is 0 Å². The number of rotatable bonds is 8. The van der Waals surface area contributed by atoms with Crippen LogP contribution in [0, 0.1) is 0 Å². The minimum Gasteiger partial charge on any atom is -0.493 e. The first-order valence-corrected chi connectivity index (χ1v) is 8.58. The highest BCUT2D eigenvalue weighted by molar-refractivity contribution is 6.17. The number of benzene rings is 1. The SMILES string of the molecule is CCCOc1ccccc1CN1CCN(CCCCl)CC1. The van der Waals surface area contributed by atoms with Gasteiger partial charge in [0.2, 0.25) is 0 Å². The molecule has 0 amide bonds. The number of piperazine rings is 1. The van der Waals surface area contributed by atoms with E-state index in [1.807, 2.05) is 0 Å². The van der Waals surface area contributed by atoms with Crippen molar-refractivity contribution in [2.45, 2.75) is 26.3 Å². The number of para-hydroxylation sites is 1. The van der Waals surface area contributed by atoms with Crippen molar-refractivity contribution < 1.29 is 4.74 Å². The van der Waals surface area contributed by atoms with E-state index in [-0.39, 0.29) is 0 Å². The normalized spacial score (nSPS) is 17.0. The summed E-state index contributed by atoms with van der Waals surface area (Å²) in [6.45, 7) is 9.61. The summed E-state index contributed by atoms with van der Waals surface area (Å²) in [7, 11) is 0. The molecule has 0 N–H and O–H groups in total. The Morgan fingerprint density at radius 3 is 2.52 bits per heavy atom. The van der Waals surface area contributed by atoms with Crippen LogP contribution in [0.2, 0.25) is 0 Å². The molecule has 1 aliphatic heterocycles. The Morgan fingerprint density at radius 2 is 1.81 bits per heavy atom. The number of nitrogens with zero attached hydrogens (tertiary/aromatic N) is 2. The van der Waals surface area contributed by atoms with Crippen LogP contribution in [0.25, 0.3) is 0 Å². The highest BCUT2D eigenvalue weighted by Gasteiger charge is 2.17. The molecular weight excluding hydrogens is 284 g/mol. The number of halogens is 1. The summed E-state index contributed by atoms with van der Waals surface area (Å²) in [5.74, 6) is 1.81. The molecule has 0 unspecified atom stereocenters. The molecule has 0 aliphatic carbocycles. The third-order valence-corrected chi connectivity index (χ3v) is 4.17. The van der Waals surface area contributed by atoms with Gasteiger partial charge in [-0.25, -0.2) is 0 Å². The fourth-order valence-electron chi connectivity index (χ4n) is 2.68. The topological polar surface area (TPSA) is 15.7 Å². The summed E-state index contributed by atoms with van der Waals surface area (Å²) in [6, 6.07) is 8.43. The minimum absolute atomic E-state index is 0.766. The van der Waals surface area contributed by atoms with E-state index in [1.165, 1.54) is 5.56 Å². The Balaban J connectivity index is 1.83. The van der Waals surface area contributed by atoms with Gasteiger partial charge in [0.1, 0.15) is 5.75 Å². The fourth-order valence-corrected chi connectivity index (χ4v) is 2.80. The van der Waals surface area contributed by atoms with Crippen molar-refractivity contribution in [2.24, 2.45) is 0 Å². The van der Waals surface area contributed by atoms with Gasteiger partial charge in [-0.3, -0.25) is 4.90 Å². The maximum Gasteiger partial charge on any atom is 0.123 e. The molecule has 0 aromatic heterocycles. The second-order valence-electron chi connectivity index (χ2n) is 5.62. The lowest BCUT2D eigenvalue weighted by atomic mass is 10.1. The van der Waals surface area contributed by atoms with Gasteiger partial charge < -0.3 is 9.64 Å². The first-order valence-electron chi connectivity index (χ1n) is 8.05. The third kappa shape index (κ3) is 5.50. The lowest BCUT2D eigenvalue weighted by molar-refractivity contribution is 0.126. The van der Waals surface area contributed by atoms with Gasteiger partial charge >= 0.3 is 0 Å². The van der Waals surface area contributed by atoms with E-state index in [0.717, 1.165) is 70.3 Å². The van der Waals surface area contributed by atoms with E-state index in [4.69, 9.17) is 16.3 Å². The lowest BCUT2D eigenvalue weighted by Gasteiger charge is -2.34. The molecule has 1 fully saturated rings. The summed E-state index contributed by atoms with van der Waals surface area (Å²) in [6.07, 6.45) is 2.14. The first kappa shape index (κ1) is 16.6. The summed E-state index contributed by atoms with van der Waals surface area (Å²) in [4.78, 5) is 5.03. The highest BCUT2D eigenvalue weighted by Crippen LogP contribution is 2.20. The summed E-state index contributed by atoms with van der Waals surface area (Å²) < 4.78 is 5.85. The Morgan fingerprint density at radius 1 is 1.10 bits per heavy atom. The molecular formula is C17H27ClN2O. The molecule has 2 rings (SSSR count). The van der Waals surface area contributed by atoms with Crippen molar-refractivity contribution in [3.63, 3.8) is 0 Å². The zero-order valence-corrected chi connectivity index (χ0v) is 13.8. The maximum absolute atomic E-state index is 5.85. The van der Waals surface area contributed by atoms with Gasteiger partial charge in [-0.05, 0) is 25.5 Å². The van der Waals surface area contributed by atoms with Crippen LogP contribution in [0.5, 0.6) is 5.75 Å². The number of hydrogen-bond acceptors (Lipinski definition) is 3. The van der Waals surface area contributed by atoms with E-state index in [0.29, 0.717) is 0 Å². The Hall–Kier alpha value is -0.770. The molecule has 0 saturated carbocycles. The monoisotopic (exact) mass is 310 g/mol. The second kappa shape index (κ2) is 9.29. The lowest BCUT2D eigenvalue weighted by Crippen LogP contribution is -2.46. The molecule has 118 valence electrons. The quantitative estimate of drug-likeness (QED) is 0.686. The van der Waals surface area contributed by atoms with Crippen molar-refractivity contribution >= 4 is 11.6 Å². The van der Waals surface area contributed by atoms with E-state index in [1.54, 1.807) is 0 Å². The Labute approximate surface area is 133 Å². The molecule has 1 aromatic rings. The van der Waals surface area contributed by atoms with Crippen LogP contribution in [0.4, 0.5) is 0 Å². The molecule has 0 spiro atoms. The third-order valence-electron chi connectivity index (χ3n) is 3.90. The van der Waals surface area contributed by atoms with Gasteiger partial charge in [0, 0.05) is 44.2 Å². The Kier molecular flexibility index (Phi) is 7.34. The fraction of sp³-hybridized carbons (Fsp3) is 0.647. The van der Waals surface area contributed by atoms with Crippen molar-refractivity contribution in [3.05, 3.63) is 29.8 Å². The molecule has 0 bridgehead atoms. The second-order valence-corrected chi connectivity index (χ2v) is 5.99. The minimum atomic E-state index is 0.766. The van der Waals surface area contributed by atoms with Crippen LogP contribution in [0.15, 0.2) is 24.3 Å². The Bertz CT molecular complexity index is 406. The van der Waals surface area contributed by atoms with Gasteiger partial charge in [-0.15, -0.1) is 11.6 Å².